The number of thioether (sulfide) groups is 1. The van der Waals surface area contributed by atoms with Crippen molar-refractivity contribution < 1.29 is 46.3 Å². The third-order valence-corrected chi connectivity index (χ3v) is 8.67. The van der Waals surface area contributed by atoms with Crippen LogP contribution in [0.1, 0.15) is 55.8 Å². The highest BCUT2D eigenvalue weighted by atomic mass is 35.5. The van der Waals surface area contributed by atoms with E-state index >= 15 is 8.78 Å². The standard InChI is InChI=1S/C31H33ClF4N4O6S/c32-20-8-4-7-19(16-20)31(35,36)26(17-5-2-1-3-6-17)46-29(44)40-24(12-11-23(33)34)47-30(45)39-22(15-18-13-14-37-27(18)42)25(41)28(43)38-21-9-10-21/h1-8,16,18,21-24,26H,9-15H2,(H,37,42)(H,38,43)(H,39,45)(H,40,44)/t18-,22-,24+,26-/m0/s1. The molecule has 4 amide bonds. The molecule has 2 aromatic rings. The van der Waals surface area contributed by atoms with Gasteiger partial charge in [0, 0.05) is 35.5 Å². The zero-order valence-electron chi connectivity index (χ0n) is 24.9. The van der Waals surface area contributed by atoms with Gasteiger partial charge in [-0.05, 0) is 61.6 Å². The quantitative estimate of drug-likeness (QED) is 0.110. The van der Waals surface area contributed by atoms with E-state index < -0.39 is 77.2 Å². The molecule has 1 heterocycles. The van der Waals surface area contributed by atoms with Crippen molar-refractivity contribution in [2.24, 2.45) is 5.92 Å². The maximum Gasteiger partial charge on any atom is 0.408 e. The first-order valence-electron chi connectivity index (χ1n) is 14.9. The van der Waals surface area contributed by atoms with Gasteiger partial charge in [-0.15, -0.1) is 0 Å². The molecule has 2 aromatic carbocycles. The van der Waals surface area contributed by atoms with Crippen molar-refractivity contribution in [1.82, 2.24) is 21.3 Å². The number of ketones is 1. The lowest BCUT2D eigenvalue weighted by molar-refractivity contribution is -0.139. The molecule has 0 radical (unpaired) electrons. The summed E-state index contributed by atoms with van der Waals surface area (Å²) in [5, 5.41) is 7.32. The number of carbonyl (C=O) groups is 5. The number of halogens is 5. The molecule has 0 spiro atoms. The van der Waals surface area contributed by atoms with Crippen molar-refractivity contribution in [2.45, 2.75) is 74.4 Å². The van der Waals surface area contributed by atoms with E-state index in [1.165, 1.54) is 36.4 Å². The van der Waals surface area contributed by atoms with Crippen LogP contribution in [0.5, 0.6) is 0 Å². The monoisotopic (exact) mass is 700 g/mol. The second-order valence-corrected chi connectivity index (χ2v) is 12.8. The molecule has 1 aliphatic heterocycles. The molecular weight excluding hydrogens is 668 g/mol. The Hall–Kier alpha value is -3.85. The molecule has 16 heteroatoms. The zero-order valence-corrected chi connectivity index (χ0v) is 26.4. The summed E-state index contributed by atoms with van der Waals surface area (Å²) >= 11 is 6.22. The number of benzene rings is 2. The largest absolute Gasteiger partial charge is 0.434 e. The minimum atomic E-state index is -3.80. The molecule has 1 saturated carbocycles. The van der Waals surface area contributed by atoms with E-state index in [1.807, 2.05) is 0 Å². The third-order valence-electron chi connectivity index (χ3n) is 7.47. The van der Waals surface area contributed by atoms with Crippen LogP contribution in [0, 0.1) is 5.92 Å². The summed E-state index contributed by atoms with van der Waals surface area (Å²) in [4.78, 5) is 63.7. The molecule has 47 heavy (non-hydrogen) atoms. The lowest BCUT2D eigenvalue weighted by Crippen LogP contribution is -2.49. The Morgan fingerprint density at radius 1 is 1.00 bits per heavy atom. The number of rotatable bonds is 15. The number of alkyl halides is 4. The smallest absolute Gasteiger partial charge is 0.408 e. The number of ether oxygens (including phenoxy) is 1. The van der Waals surface area contributed by atoms with Crippen LogP contribution >= 0.6 is 23.4 Å². The van der Waals surface area contributed by atoms with Gasteiger partial charge in [0.05, 0.1) is 11.4 Å². The minimum Gasteiger partial charge on any atom is -0.434 e. The van der Waals surface area contributed by atoms with E-state index in [9.17, 15) is 32.8 Å². The van der Waals surface area contributed by atoms with Crippen LogP contribution in [0.25, 0.3) is 0 Å². The van der Waals surface area contributed by atoms with Gasteiger partial charge in [-0.1, -0.05) is 54.1 Å². The first-order chi connectivity index (χ1) is 22.3. The van der Waals surface area contributed by atoms with Gasteiger partial charge in [-0.25, -0.2) is 13.6 Å². The van der Waals surface area contributed by atoms with E-state index in [-0.39, 0.29) is 29.0 Å². The molecule has 4 rings (SSSR count). The number of carbonyl (C=O) groups excluding carboxylic acids is 5. The zero-order chi connectivity index (χ0) is 34.1. The van der Waals surface area contributed by atoms with Crippen molar-refractivity contribution >= 4 is 52.3 Å². The van der Waals surface area contributed by atoms with Crippen molar-refractivity contribution in [1.29, 1.82) is 0 Å². The van der Waals surface area contributed by atoms with Crippen LogP contribution in [0.2, 0.25) is 5.02 Å². The predicted octanol–water partition coefficient (Wildman–Crippen LogP) is 5.46. The molecule has 10 nitrogen and oxygen atoms in total. The van der Waals surface area contributed by atoms with Crippen molar-refractivity contribution in [3.05, 3.63) is 70.7 Å². The van der Waals surface area contributed by atoms with Gasteiger partial charge in [0.25, 0.3) is 11.1 Å². The Kier molecular flexibility index (Phi) is 12.5. The molecule has 0 bridgehead atoms. The van der Waals surface area contributed by atoms with Crippen LogP contribution < -0.4 is 21.3 Å². The third kappa shape index (κ3) is 10.6. The normalized spacial score (nSPS) is 18.1. The number of hydrogen-bond donors (Lipinski definition) is 4. The van der Waals surface area contributed by atoms with Gasteiger partial charge < -0.3 is 26.0 Å². The molecule has 2 fully saturated rings. The Bertz CT molecular complexity index is 1450. The van der Waals surface area contributed by atoms with Gasteiger partial charge in [0.1, 0.15) is 0 Å². The van der Waals surface area contributed by atoms with Crippen LogP contribution in [-0.4, -0.2) is 59.4 Å². The average molecular weight is 701 g/mol. The highest BCUT2D eigenvalue weighted by Gasteiger charge is 2.46. The van der Waals surface area contributed by atoms with Gasteiger partial charge >= 0.3 is 12.0 Å². The highest BCUT2D eigenvalue weighted by molar-refractivity contribution is 8.14. The van der Waals surface area contributed by atoms with Crippen LogP contribution in [-0.2, 0) is 25.0 Å². The summed E-state index contributed by atoms with van der Waals surface area (Å²) in [5.74, 6) is -6.75. The fourth-order valence-electron chi connectivity index (χ4n) is 4.87. The molecule has 4 N–H and O–H groups in total. The Labute approximate surface area is 277 Å². The number of amides is 4. The van der Waals surface area contributed by atoms with Crippen LogP contribution in [0.3, 0.4) is 0 Å². The molecule has 254 valence electrons. The summed E-state index contributed by atoms with van der Waals surface area (Å²) in [6, 6.07) is 10.3. The fraction of sp³-hybridized carbons (Fsp3) is 0.452. The van der Waals surface area contributed by atoms with Crippen molar-refractivity contribution in [3.8, 4) is 0 Å². The highest BCUT2D eigenvalue weighted by Crippen LogP contribution is 2.43. The molecule has 1 saturated heterocycles. The van der Waals surface area contributed by atoms with E-state index in [1.54, 1.807) is 6.07 Å². The van der Waals surface area contributed by atoms with Crippen molar-refractivity contribution in [2.75, 3.05) is 6.54 Å². The van der Waals surface area contributed by atoms with Crippen LogP contribution in [0.15, 0.2) is 54.6 Å². The van der Waals surface area contributed by atoms with Crippen molar-refractivity contribution in [3.63, 3.8) is 0 Å². The molecular formula is C31H33ClF4N4O6S. The molecule has 0 unspecified atom stereocenters. The van der Waals surface area contributed by atoms with Gasteiger partial charge in [-0.3, -0.25) is 19.2 Å². The number of nitrogens with one attached hydrogen (secondary N) is 4. The lowest BCUT2D eigenvalue weighted by atomic mass is 9.95. The SMILES string of the molecule is O=C(N[C@@H](CCC(F)F)SC(=O)N[C@@H](C[C@@H]1CCNC1=O)C(=O)C(=O)NC1CC1)O[C@@H](c1ccccc1)C(F)(F)c1cccc(Cl)c1. The Balaban J connectivity index is 1.48. The molecule has 4 atom stereocenters. The molecule has 0 aromatic heterocycles. The predicted molar refractivity (Wildman–Crippen MR) is 165 cm³/mol. The number of Topliss-reactive ketones (excluding diaryl/α,β-unsaturated/α-hetero) is 1. The Morgan fingerprint density at radius 2 is 1.72 bits per heavy atom. The second kappa shape index (κ2) is 16.3. The van der Waals surface area contributed by atoms with E-state index in [0.29, 0.717) is 37.6 Å². The summed E-state index contributed by atoms with van der Waals surface area (Å²) in [5.41, 5.74) is -0.629. The van der Waals surface area contributed by atoms with Gasteiger partial charge in [0.2, 0.25) is 18.1 Å². The van der Waals surface area contributed by atoms with Gasteiger partial charge in [0.15, 0.2) is 6.10 Å². The van der Waals surface area contributed by atoms with E-state index in [4.69, 9.17) is 16.3 Å². The Morgan fingerprint density at radius 3 is 2.34 bits per heavy atom. The first-order valence-corrected chi connectivity index (χ1v) is 16.1. The summed E-state index contributed by atoms with van der Waals surface area (Å²) in [6.45, 7) is 0.351. The number of alkyl carbamates (subject to hydrolysis) is 1. The second-order valence-electron chi connectivity index (χ2n) is 11.2. The summed E-state index contributed by atoms with van der Waals surface area (Å²) < 4.78 is 63.1. The molecule has 1 aliphatic carbocycles. The molecule has 2 aliphatic rings. The number of hydrogen-bond acceptors (Lipinski definition) is 7. The van der Waals surface area contributed by atoms with E-state index in [0.717, 1.165) is 12.1 Å². The maximum atomic E-state index is 15.8. The topological polar surface area (TPSA) is 143 Å². The van der Waals surface area contributed by atoms with Gasteiger partial charge in [-0.2, -0.15) is 8.78 Å². The summed E-state index contributed by atoms with van der Waals surface area (Å²) in [6.07, 6.45) is -6.14. The van der Waals surface area contributed by atoms with E-state index in [2.05, 4.69) is 21.3 Å². The van der Waals surface area contributed by atoms with Crippen LogP contribution in [0.4, 0.5) is 27.2 Å². The average Bonchev–Trinajstić information content (AvgIpc) is 3.76. The fourth-order valence-corrected chi connectivity index (χ4v) is 5.94. The first kappa shape index (κ1) is 36.0. The maximum absolute atomic E-state index is 15.8. The summed E-state index contributed by atoms with van der Waals surface area (Å²) in [7, 11) is 0. The minimum absolute atomic E-state index is 0.0169. The lowest BCUT2D eigenvalue weighted by Gasteiger charge is -2.28.